The van der Waals surface area contributed by atoms with Gasteiger partial charge < -0.3 is 10.2 Å². The van der Waals surface area contributed by atoms with Gasteiger partial charge in [-0.2, -0.15) is 0 Å². The lowest BCUT2D eigenvalue weighted by molar-refractivity contribution is 0.401. The van der Waals surface area contributed by atoms with Crippen LogP contribution >= 0.6 is 11.3 Å². The van der Waals surface area contributed by atoms with Crippen LogP contribution in [0.25, 0.3) is 0 Å². The second kappa shape index (κ2) is 7.80. The molecule has 98 valence electrons. The minimum atomic E-state index is 0.954. The molecule has 0 radical (unpaired) electrons. The highest BCUT2D eigenvalue weighted by molar-refractivity contribution is 7.11. The third-order valence-corrected chi connectivity index (χ3v) is 3.56. The van der Waals surface area contributed by atoms with Gasteiger partial charge in [0.15, 0.2) is 0 Å². The molecule has 1 rings (SSSR count). The molecule has 1 heterocycles. The highest BCUT2D eigenvalue weighted by Gasteiger charge is 2.10. The summed E-state index contributed by atoms with van der Waals surface area (Å²) < 4.78 is 0. The van der Waals surface area contributed by atoms with Crippen molar-refractivity contribution in [1.82, 2.24) is 15.2 Å². The molecule has 0 aliphatic heterocycles. The van der Waals surface area contributed by atoms with E-state index in [1.165, 1.54) is 28.4 Å². The van der Waals surface area contributed by atoms with Crippen LogP contribution in [0.3, 0.4) is 0 Å². The molecule has 1 aromatic heterocycles. The molecule has 0 fully saturated rings. The average Bonchev–Trinajstić information content (AvgIpc) is 2.61. The number of hydrogen-bond donors (Lipinski definition) is 1. The first-order valence-electron chi connectivity index (χ1n) is 6.50. The SMILES string of the molecule is CCCNCc1sc(CN(C)C)nc1CCC. The lowest BCUT2D eigenvalue weighted by atomic mass is 10.2. The van der Waals surface area contributed by atoms with Gasteiger partial charge in [-0.25, -0.2) is 4.98 Å². The van der Waals surface area contributed by atoms with Crippen molar-refractivity contribution < 1.29 is 0 Å². The van der Waals surface area contributed by atoms with Gasteiger partial charge in [-0.1, -0.05) is 20.3 Å². The van der Waals surface area contributed by atoms with E-state index in [2.05, 4.69) is 38.2 Å². The number of aromatic nitrogens is 1. The largest absolute Gasteiger partial charge is 0.312 e. The first kappa shape index (κ1) is 14.6. The van der Waals surface area contributed by atoms with E-state index < -0.39 is 0 Å². The lowest BCUT2D eigenvalue weighted by Crippen LogP contribution is -2.13. The quantitative estimate of drug-likeness (QED) is 0.724. The molecular weight excluding hydrogens is 230 g/mol. The van der Waals surface area contributed by atoms with Gasteiger partial charge in [-0.3, -0.25) is 0 Å². The molecule has 17 heavy (non-hydrogen) atoms. The van der Waals surface area contributed by atoms with Crippen molar-refractivity contribution in [3.63, 3.8) is 0 Å². The second-order valence-electron chi connectivity index (χ2n) is 4.64. The molecule has 0 aliphatic rings. The van der Waals surface area contributed by atoms with Crippen LogP contribution in [0.1, 0.15) is 42.3 Å². The zero-order valence-corrected chi connectivity index (χ0v) is 12.4. The zero-order valence-electron chi connectivity index (χ0n) is 11.5. The van der Waals surface area contributed by atoms with Crippen LogP contribution in [0.15, 0.2) is 0 Å². The van der Waals surface area contributed by atoms with E-state index in [0.29, 0.717) is 0 Å². The maximum absolute atomic E-state index is 4.76. The standard InChI is InChI=1S/C13H25N3S/c1-5-7-11-12(9-14-8-6-2)17-13(15-11)10-16(3)4/h14H,5-10H2,1-4H3. The summed E-state index contributed by atoms with van der Waals surface area (Å²) in [5.41, 5.74) is 1.30. The van der Waals surface area contributed by atoms with E-state index in [0.717, 1.165) is 26.1 Å². The molecule has 0 atom stereocenters. The van der Waals surface area contributed by atoms with Crippen molar-refractivity contribution in [3.05, 3.63) is 15.6 Å². The van der Waals surface area contributed by atoms with E-state index in [1.54, 1.807) is 0 Å². The summed E-state index contributed by atoms with van der Waals surface area (Å²) in [6, 6.07) is 0. The topological polar surface area (TPSA) is 28.2 Å². The summed E-state index contributed by atoms with van der Waals surface area (Å²) >= 11 is 1.86. The summed E-state index contributed by atoms with van der Waals surface area (Å²) in [5, 5.41) is 4.72. The van der Waals surface area contributed by atoms with E-state index in [9.17, 15) is 0 Å². The van der Waals surface area contributed by atoms with Gasteiger partial charge in [0, 0.05) is 18.0 Å². The Morgan fingerprint density at radius 1 is 1.24 bits per heavy atom. The first-order chi connectivity index (χ1) is 8.17. The van der Waals surface area contributed by atoms with Crippen LogP contribution < -0.4 is 5.32 Å². The van der Waals surface area contributed by atoms with Crippen LogP contribution in [0.2, 0.25) is 0 Å². The molecule has 0 unspecified atom stereocenters. The fourth-order valence-electron chi connectivity index (χ4n) is 1.72. The predicted molar refractivity (Wildman–Crippen MR) is 75.5 cm³/mol. The molecule has 0 aromatic carbocycles. The van der Waals surface area contributed by atoms with Gasteiger partial charge in [0.05, 0.1) is 5.69 Å². The van der Waals surface area contributed by atoms with Crippen LogP contribution in [-0.4, -0.2) is 30.5 Å². The van der Waals surface area contributed by atoms with E-state index in [1.807, 2.05) is 11.3 Å². The molecule has 0 amide bonds. The summed E-state index contributed by atoms with van der Waals surface area (Å²) in [4.78, 5) is 8.36. The summed E-state index contributed by atoms with van der Waals surface area (Å²) in [7, 11) is 4.19. The van der Waals surface area contributed by atoms with Gasteiger partial charge >= 0.3 is 0 Å². The smallest absolute Gasteiger partial charge is 0.107 e. The van der Waals surface area contributed by atoms with Crippen molar-refractivity contribution in [2.45, 2.75) is 46.2 Å². The van der Waals surface area contributed by atoms with Crippen molar-refractivity contribution >= 4 is 11.3 Å². The maximum Gasteiger partial charge on any atom is 0.107 e. The Morgan fingerprint density at radius 3 is 2.59 bits per heavy atom. The predicted octanol–water partition coefficient (Wildman–Crippen LogP) is 2.66. The van der Waals surface area contributed by atoms with E-state index >= 15 is 0 Å². The van der Waals surface area contributed by atoms with Gasteiger partial charge in [-0.05, 0) is 33.5 Å². The lowest BCUT2D eigenvalue weighted by Gasteiger charge is -2.04. The Morgan fingerprint density at radius 2 is 2.00 bits per heavy atom. The summed E-state index contributed by atoms with van der Waals surface area (Å²) in [5.74, 6) is 0. The molecule has 0 bridgehead atoms. The van der Waals surface area contributed by atoms with Gasteiger partial charge in [0.1, 0.15) is 5.01 Å². The van der Waals surface area contributed by atoms with Crippen molar-refractivity contribution in [2.75, 3.05) is 20.6 Å². The van der Waals surface area contributed by atoms with Gasteiger partial charge in [0.25, 0.3) is 0 Å². The zero-order chi connectivity index (χ0) is 12.7. The number of nitrogens with one attached hydrogen (secondary N) is 1. The number of hydrogen-bond acceptors (Lipinski definition) is 4. The molecule has 4 heteroatoms. The second-order valence-corrected chi connectivity index (χ2v) is 5.81. The highest BCUT2D eigenvalue weighted by atomic mass is 32.1. The molecule has 1 aromatic rings. The first-order valence-corrected chi connectivity index (χ1v) is 7.31. The Balaban J connectivity index is 2.66. The molecule has 3 nitrogen and oxygen atoms in total. The van der Waals surface area contributed by atoms with Crippen LogP contribution in [0.5, 0.6) is 0 Å². The minimum Gasteiger partial charge on any atom is -0.312 e. The number of aryl methyl sites for hydroxylation is 1. The fourth-order valence-corrected chi connectivity index (χ4v) is 2.93. The molecule has 0 saturated heterocycles. The molecule has 1 N–H and O–H groups in total. The van der Waals surface area contributed by atoms with Crippen LogP contribution in [0.4, 0.5) is 0 Å². The summed E-state index contributed by atoms with van der Waals surface area (Å²) in [6.07, 6.45) is 3.46. The Labute approximate surface area is 109 Å². The maximum atomic E-state index is 4.76. The van der Waals surface area contributed by atoms with E-state index in [-0.39, 0.29) is 0 Å². The Kier molecular flexibility index (Phi) is 6.70. The third-order valence-electron chi connectivity index (χ3n) is 2.47. The van der Waals surface area contributed by atoms with Crippen molar-refractivity contribution in [1.29, 1.82) is 0 Å². The van der Waals surface area contributed by atoms with Crippen molar-refractivity contribution in [3.8, 4) is 0 Å². The molecule has 0 spiro atoms. The number of rotatable bonds is 8. The fraction of sp³-hybridized carbons (Fsp3) is 0.769. The third kappa shape index (κ3) is 5.15. The molecule has 0 aliphatic carbocycles. The van der Waals surface area contributed by atoms with Crippen LogP contribution in [-0.2, 0) is 19.5 Å². The monoisotopic (exact) mass is 255 g/mol. The van der Waals surface area contributed by atoms with Crippen molar-refractivity contribution in [2.24, 2.45) is 0 Å². The highest BCUT2D eigenvalue weighted by Crippen LogP contribution is 2.20. The minimum absolute atomic E-state index is 0.954. The van der Waals surface area contributed by atoms with E-state index in [4.69, 9.17) is 4.98 Å². The molecular formula is C13H25N3S. The number of nitrogens with zero attached hydrogens (tertiary/aromatic N) is 2. The summed E-state index contributed by atoms with van der Waals surface area (Å²) in [6.45, 7) is 7.44. The number of thiazole rings is 1. The normalized spacial score (nSPS) is 11.4. The molecule has 0 saturated carbocycles. The van der Waals surface area contributed by atoms with Crippen LogP contribution in [0, 0.1) is 0 Å². The average molecular weight is 255 g/mol. The Hall–Kier alpha value is -0.450. The van der Waals surface area contributed by atoms with Gasteiger partial charge in [-0.15, -0.1) is 11.3 Å². The van der Waals surface area contributed by atoms with Gasteiger partial charge in [0.2, 0.25) is 0 Å². The Bertz CT molecular complexity index is 320.